The van der Waals surface area contributed by atoms with Gasteiger partial charge in [-0.1, -0.05) is 6.07 Å². The van der Waals surface area contributed by atoms with Crippen molar-refractivity contribution < 1.29 is 9.42 Å². The van der Waals surface area contributed by atoms with Crippen LogP contribution in [-0.2, 0) is 6.54 Å². The van der Waals surface area contributed by atoms with Gasteiger partial charge in [0.05, 0.1) is 0 Å². The molecule has 96 valence electrons. The van der Waals surface area contributed by atoms with Gasteiger partial charge in [-0.25, -0.2) is 4.63 Å². The molecule has 0 aliphatic heterocycles. The lowest BCUT2D eigenvalue weighted by Gasteiger charge is -2.04. The Labute approximate surface area is 107 Å². The van der Waals surface area contributed by atoms with Gasteiger partial charge in [0, 0.05) is 24.5 Å². The minimum atomic E-state index is -0.383. The zero-order valence-electron chi connectivity index (χ0n) is 9.55. The van der Waals surface area contributed by atoms with Crippen molar-refractivity contribution in [2.75, 3.05) is 18.8 Å². The normalized spacial score (nSPS) is 10.4. The van der Waals surface area contributed by atoms with E-state index in [2.05, 4.69) is 31.6 Å². The predicted octanol–water partition coefficient (Wildman–Crippen LogP) is 0.233. The van der Waals surface area contributed by atoms with Crippen molar-refractivity contribution in [3.8, 4) is 0 Å². The molecule has 0 aliphatic rings. The van der Waals surface area contributed by atoms with Gasteiger partial charge >= 0.3 is 0 Å². The van der Waals surface area contributed by atoms with Crippen molar-refractivity contribution in [3.05, 3.63) is 28.1 Å². The highest BCUT2D eigenvalue weighted by atomic mass is 32.1. The summed E-state index contributed by atoms with van der Waals surface area (Å²) >= 11 is 1.69. The van der Waals surface area contributed by atoms with Gasteiger partial charge in [-0.05, 0) is 21.8 Å². The minimum absolute atomic E-state index is 0.000885. The summed E-state index contributed by atoms with van der Waals surface area (Å²) in [6.45, 7) is 1.94. The number of amides is 1. The lowest BCUT2D eigenvalue weighted by Crippen LogP contribution is -2.32. The second-order valence-electron chi connectivity index (χ2n) is 3.51. The molecule has 18 heavy (non-hydrogen) atoms. The fraction of sp³-hybridized carbons (Fsp3) is 0.300. The van der Waals surface area contributed by atoms with E-state index in [-0.39, 0.29) is 17.4 Å². The molecule has 2 heterocycles. The monoisotopic (exact) mass is 267 g/mol. The molecule has 2 aromatic rings. The summed E-state index contributed by atoms with van der Waals surface area (Å²) in [6, 6.07) is 4.06. The van der Waals surface area contributed by atoms with Crippen molar-refractivity contribution in [2.24, 2.45) is 0 Å². The Balaban J connectivity index is 1.64. The number of nitrogens with one attached hydrogen (secondary N) is 2. The highest BCUT2D eigenvalue weighted by Gasteiger charge is 2.14. The summed E-state index contributed by atoms with van der Waals surface area (Å²) in [5.74, 6) is -0.384. The molecule has 0 saturated heterocycles. The van der Waals surface area contributed by atoms with Crippen LogP contribution in [0.4, 0.5) is 5.82 Å². The number of nitrogens with two attached hydrogens (primary N) is 1. The standard InChI is InChI=1S/C10H13N5O2S/c11-9-8(14-17-15-9)10(16)13-4-3-12-6-7-2-1-5-18-7/h1-2,5,12H,3-4,6H2,(H2,11,15)(H,13,16). The Hall–Kier alpha value is -1.93. The van der Waals surface area contributed by atoms with Crippen LogP contribution >= 0.6 is 11.3 Å². The van der Waals surface area contributed by atoms with E-state index in [0.717, 1.165) is 6.54 Å². The lowest BCUT2D eigenvalue weighted by molar-refractivity contribution is 0.0944. The SMILES string of the molecule is Nc1nonc1C(=O)NCCNCc1cccs1. The summed E-state index contributed by atoms with van der Waals surface area (Å²) in [7, 11) is 0. The Morgan fingerprint density at radius 2 is 2.33 bits per heavy atom. The molecule has 7 nitrogen and oxygen atoms in total. The third-order valence-electron chi connectivity index (χ3n) is 2.20. The van der Waals surface area contributed by atoms with Gasteiger partial charge in [-0.2, -0.15) is 0 Å². The van der Waals surface area contributed by atoms with Crippen LogP contribution in [0.25, 0.3) is 0 Å². The van der Waals surface area contributed by atoms with E-state index in [1.54, 1.807) is 11.3 Å². The molecule has 0 aromatic carbocycles. The van der Waals surface area contributed by atoms with E-state index in [0.29, 0.717) is 13.1 Å². The number of anilines is 1. The maximum absolute atomic E-state index is 11.5. The van der Waals surface area contributed by atoms with Gasteiger partial charge in [0.1, 0.15) is 0 Å². The fourth-order valence-corrected chi connectivity index (χ4v) is 2.00. The van der Waals surface area contributed by atoms with E-state index in [4.69, 9.17) is 5.73 Å². The number of nitrogen functional groups attached to an aromatic ring is 1. The van der Waals surface area contributed by atoms with Crippen LogP contribution in [0.2, 0.25) is 0 Å². The molecule has 0 bridgehead atoms. The van der Waals surface area contributed by atoms with Crippen LogP contribution < -0.4 is 16.4 Å². The van der Waals surface area contributed by atoms with Crippen molar-refractivity contribution in [1.82, 2.24) is 20.9 Å². The minimum Gasteiger partial charge on any atom is -0.379 e. The van der Waals surface area contributed by atoms with E-state index in [1.807, 2.05) is 11.4 Å². The third-order valence-corrected chi connectivity index (χ3v) is 3.07. The van der Waals surface area contributed by atoms with Gasteiger partial charge in [0.15, 0.2) is 0 Å². The highest BCUT2D eigenvalue weighted by Crippen LogP contribution is 2.07. The second-order valence-corrected chi connectivity index (χ2v) is 4.54. The molecule has 0 spiro atoms. The molecule has 0 radical (unpaired) electrons. The first kappa shape index (κ1) is 12.5. The van der Waals surface area contributed by atoms with Crippen LogP contribution in [0.15, 0.2) is 22.1 Å². The van der Waals surface area contributed by atoms with Gasteiger partial charge < -0.3 is 16.4 Å². The molecular formula is C10H13N5O2S. The van der Waals surface area contributed by atoms with Crippen LogP contribution in [0.1, 0.15) is 15.4 Å². The number of aromatic nitrogens is 2. The maximum atomic E-state index is 11.5. The topological polar surface area (TPSA) is 106 Å². The summed E-state index contributed by atoms with van der Waals surface area (Å²) < 4.78 is 4.34. The fourth-order valence-electron chi connectivity index (χ4n) is 1.33. The Morgan fingerprint density at radius 3 is 3.00 bits per heavy atom. The summed E-state index contributed by atoms with van der Waals surface area (Å²) in [5.41, 5.74) is 5.42. The Kier molecular flexibility index (Phi) is 4.26. The molecule has 2 rings (SSSR count). The van der Waals surface area contributed by atoms with E-state index in [1.165, 1.54) is 4.88 Å². The van der Waals surface area contributed by atoms with Crippen molar-refractivity contribution in [3.63, 3.8) is 0 Å². The van der Waals surface area contributed by atoms with Crippen LogP contribution in [0, 0.1) is 0 Å². The van der Waals surface area contributed by atoms with E-state index in [9.17, 15) is 4.79 Å². The van der Waals surface area contributed by atoms with Gasteiger partial charge in [0.25, 0.3) is 5.91 Å². The first-order chi connectivity index (χ1) is 8.77. The van der Waals surface area contributed by atoms with Gasteiger partial charge in [0.2, 0.25) is 11.5 Å². The molecule has 8 heteroatoms. The quantitative estimate of drug-likeness (QED) is 0.647. The number of rotatable bonds is 6. The molecule has 0 aliphatic carbocycles. The predicted molar refractivity (Wildman–Crippen MR) is 67.1 cm³/mol. The van der Waals surface area contributed by atoms with Crippen LogP contribution in [0.5, 0.6) is 0 Å². The number of hydrogen-bond acceptors (Lipinski definition) is 7. The molecular weight excluding hydrogens is 254 g/mol. The first-order valence-corrected chi connectivity index (χ1v) is 6.24. The number of nitrogens with zero attached hydrogens (tertiary/aromatic N) is 2. The van der Waals surface area contributed by atoms with Crippen LogP contribution in [-0.4, -0.2) is 29.3 Å². The molecule has 1 amide bonds. The second kappa shape index (κ2) is 6.12. The summed E-state index contributed by atoms with van der Waals surface area (Å²) in [5, 5.41) is 14.6. The van der Waals surface area contributed by atoms with Crippen molar-refractivity contribution in [2.45, 2.75) is 6.54 Å². The Morgan fingerprint density at radius 1 is 1.44 bits per heavy atom. The number of carbonyl (C=O) groups is 1. The summed E-state index contributed by atoms with van der Waals surface area (Å²) in [6.07, 6.45) is 0. The first-order valence-electron chi connectivity index (χ1n) is 5.36. The maximum Gasteiger partial charge on any atom is 0.277 e. The summed E-state index contributed by atoms with van der Waals surface area (Å²) in [4.78, 5) is 12.8. The zero-order chi connectivity index (χ0) is 12.8. The Bertz CT molecular complexity index is 496. The van der Waals surface area contributed by atoms with E-state index >= 15 is 0 Å². The lowest BCUT2D eigenvalue weighted by atomic mass is 10.4. The molecule has 0 atom stereocenters. The average molecular weight is 267 g/mol. The molecule has 0 unspecified atom stereocenters. The van der Waals surface area contributed by atoms with Crippen molar-refractivity contribution >= 4 is 23.1 Å². The third kappa shape index (κ3) is 3.28. The highest BCUT2D eigenvalue weighted by molar-refractivity contribution is 7.09. The van der Waals surface area contributed by atoms with Gasteiger partial charge in [-0.15, -0.1) is 11.3 Å². The molecule has 0 saturated carbocycles. The molecule has 4 N–H and O–H groups in total. The van der Waals surface area contributed by atoms with E-state index < -0.39 is 0 Å². The number of hydrogen-bond donors (Lipinski definition) is 3. The zero-order valence-corrected chi connectivity index (χ0v) is 10.4. The van der Waals surface area contributed by atoms with Gasteiger partial charge in [-0.3, -0.25) is 4.79 Å². The molecule has 2 aromatic heterocycles. The van der Waals surface area contributed by atoms with Crippen LogP contribution in [0.3, 0.4) is 0 Å². The average Bonchev–Trinajstić information content (AvgIpc) is 2.99. The smallest absolute Gasteiger partial charge is 0.277 e. The molecule has 0 fully saturated rings. The number of carbonyl (C=O) groups excluding carboxylic acids is 1. The van der Waals surface area contributed by atoms with Crippen molar-refractivity contribution in [1.29, 1.82) is 0 Å². The number of thiophene rings is 1. The largest absolute Gasteiger partial charge is 0.379 e.